The van der Waals surface area contributed by atoms with E-state index in [-0.39, 0.29) is 0 Å². The molecule has 3 rings (SSSR count). The van der Waals surface area contributed by atoms with E-state index in [0.29, 0.717) is 6.61 Å². The number of rotatable bonds is 5. The molecule has 0 radical (unpaired) electrons. The van der Waals surface area contributed by atoms with E-state index in [1.54, 1.807) is 0 Å². The summed E-state index contributed by atoms with van der Waals surface area (Å²) in [5, 5.41) is 3.50. The van der Waals surface area contributed by atoms with Crippen LogP contribution in [0.15, 0.2) is 18.3 Å². The Balaban J connectivity index is 1.58. The van der Waals surface area contributed by atoms with E-state index < -0.39 is 0 Å². The Labute approximate surface area is 121 Å². The average molecular weight is 275 g/mol. The van der Waals surface area contributed by atoms with Crippen molar-refractivity contribution in [1.29, 1.82) is 0 Å². The van der Waals surface area contributed by atoms with Crippen molar-refractivity contribution < 1.29 is 4.74 Å². The van der Waals surface area contributed by atoms with Gasteiger partial charge in [-0.25, -0.2) is 4.98 Å². The highest BCUT2D eigenvalue weighted by atomic mass is 16.5. The second-order valence-corrected chi connectivity index (χ2v) is 6.05. The van der Waals surface area contributed by atoms with Gasteiger partial charge in [0.25, 0.3) is 0 Å². The predicted molar refractivity (Wildman–Crippen MR) is 81.2 cm³/mol. The summed E-state index contributed by atoms with van der Waals surface area (Å²) in [6.45, 7) is 3.70. The van der Waals surface area contributed by atoms with Gasteiger partial charge in [-0.1, -0.05) is 0 Å². The van der Waals surface area contributed by atoms with Crippen molar-refractivity contribution in [3.8, 4) is 5.75 Å². The number of piperidine rings is 1. The first kappa shape index (κ1) is 13.7. The van der Waals surface area contributed by atoms with E-state index in [4.69, 9.17) is 4.74 Å². The Bertz CT molecular complexity index is 437. The third kappa shape index (κ3) is 2.75. The zero-order chi connectivity index (χ0) is 13.9. The number of pyridine rings is 1. The van der Waals surface area contributed by atoms with Gasteiger partial charge in [0.15, 0.2) is 11.6 Å². The van der Waals surface area contributed by atoms with Crippen molar-refractivity contribution in [1.82, 2.24) is 9.88 Å². The van der Waals surface area contributed by atoms with Gasteiger partial charge in [-0.05, 0) is 57.7 Å². The summed E-state index contributed by atoms with van der Waals surface area (Å²) in [6.07, 6.45) is 7.22. The number of hydrogen-bond acceptors (Lipinski definition) is 4. The highest BCUT2D eigenvalue weighted by molar-refractivity contribution is 5.49. The third-order valence-corrected chi connectivity index (χ3v) is 4.82. The van der Waals surface area contributed by atoms with Crippen LogP contribution >= 0.6 is 0 Å². The summed E-state index contributed by atoms with van der Waals surface area (Å²) in [7, 11) is 2.29. The molecule has 2 unspecified atom stereocenters. The molecule has 2 atom stereocenters. The average Bonchev–Trinajstić information content (AvgIpc) is 2.69. The van der Waals surface area contributed by atoms with Crippen LogP contribution < -0.4 is 10.1 Å². The van der Waals surface area contributed by atoms with Crippen LogP contribution in [0, 0.1) is 5.92 Å². The molecular weight excluding hydrogens is 250 g/mol. The van der Waals surface area contributed by atoms with Crippen LogP contribution in [0.25, 0.3) is 0 Å². The monoisotopic (exact) mass is 275 g/mol. The minimum atomic E-state index is 0.679. The van der Waals surface area contributed by atoms with Gasteiger partial charge in [-0.3, -0.25) is 0 Å². The van der Waals surface area contributed by atoms with Gasteiger partial charge in [0.1, 0.15) is 0 Å². The zero-order valence-corrected chi connectivity index (χ0v) is 12.5. The summed E-state index contributed by atoms with van der Waals surface area (Å²) in [4.78, 5) is 6.99. The number of aromatic nitrogens is 1. The molecule has 4 heteroatoms. The fourth-order valence-corrected chi connectivity index (χ4v) is 3.73. The van der Waals surface area contributed by atoms with Crippen LogP contribution in [0.4, 0.5) is 5.82 Å². The van der Waals surface area contributed by atoms with Crippen LogP contribution in [-0.2, 0) is 0 Å². The lowest BCUT2D eigenvalue weighted by atomic mass is 9.91. The first-order chi connectivity index (χ1) is 9.78. The maximum atomic E-state index is 5.62. The molecule has 2 bridgehead atoms. The van der Waals surface area contributed by atoms with Gasteiger partial charge < -0.3 is 15.0 Å². The number of hydrogen-bond donors (Lipinski definition) is 1. The number of fused-ring (bicyclic) bond motifs is 2. The molecule has 2 saturated heterocycles. The second kappa shape index (κ2) is 6.00. The summed E-state index contributed by atoms with van der Waals surface area (Å²) < 4.78 is 5.62. The highest BCUT2D eigenvalue weighted by Gasteiger charge is 2.38. The molecule has 3 heterocycles. The fraction of sp³-hybridized carbons (Fsp3) is 0.688. The van der Waals surface area contributed by atoms with Gasteiger partial charge >= 0.3 is 0 Å². The topological polar surface area (TPSA) is 37.4 Å². The maximum absolute atomic E-state index is 5.62. The van der Waals surface area contributed by atoms with E-state index in [1.165, 1.54) is 25.7 Å². The Kier molecular flexibility index (Phi) is 4.10. The SMILES string of the molecule is CCOc1cccnc1NCC1CC2CCC(C1)N2C. The van der Waals surface area contributed by atoms with Crippen LogP contribution in [0.5, 0.6) is 5.75 Å². The smallest absolute Gasteiger partial charge is 0.168 e. The Morgan fingerprint density at radius 3 is 2.80 bits per heavy atom. The Morgan fingerprint density at radius 2 is 2.10 bits per heavy atom. The summed E-state index contributed by atoms with van der Waals surface area (Å²) >= 11 is 0. The van der Waals surface area contributed by atoms with Crippen LogP contribution in [0.1, 0.15) is 32.6 Å². The van der Waals surface area contributed by atoms with Gasteiger partial charge in [0.2, 0.25) is 0 Å². The molecule has 0 aliphatic carbocycles. The number of nitrogens with one attached hydrogen (secondary N) is 1. The molecule has 0 spiro atoms. The normalized spacial score (nSPS) is 29.4. The van der Waals surface area contributed by atoms with E-state index in [0.717, 1.165) is 36.1 Å². The highest BCUT2D eigenvalue weighted by Crippen LogP contribution is 2.37. The molecule has 2 aliphatic rings. The molecule has 110 valence electrons. The Hall–Kier alpha value is -1.29. The summed E-state index contributed by atoms with van der Waals surface area (Å²) in [5.74, 6) is 2.52. The largest absolute Gasteiger partial charge is 0.490 e. The van der Waals surface area contributed by atoms with Crippen LogP contribution in [0.3, 0.4) is 0 Å². The van der Waals surface area contributed by atoms with Crippen molar-refractivity contribution in [3.63, 3.8) is 0 Å². The molecule has 0 amide bonds. The summed E-state index contributed by atoms with van der Waals surface area (Å²) in [5.41, 5.74) is 0. The predicted octanol–water partition coefficient (Wildman–Crippen LogP) is 2.77. The molecule has 0 saturated carbocycles. The van der Waals surface area contributed by atoms with Gasteiger partial charge in [0.05, 0.1) is 6.61 Å². The first-order valence-corrected chi connectivity index (χ1v) is 7.81. The molecule has 4 nitrogen and oxygen atoms in total. The van der Waals surface area contributed by atoms with Crippen molar-refractivity contribution in [2.75, 3.05) is 25.5 Å². The third-order valence-electron chi connectivity index (χ3n) is 4.82. The van der Waals surface area contributed by atoms with E-state index >= 15 is 0 Å². The van der Waals surface area contributed by atoms with Crippen molar-refractivity contribution in [3.05, 3.63) is 18.3 Å². The van der Waals surface area contributed by atoms with Crippen LogP contribution in [0.2, 0.25) is 0 Å². The molecule has 2 fully saturated rings. The minimum Gasteiger partial charge on any atom is -0.490 e. The molecule has 1 aromatic heterocycles. The van der Waals surface area contributed by atoms with Gasteiger partial charge in [-0.15, -0.1) is 0 Å². The molecule has 0 aromatic carbocycles. The van der Waals surface area contributed by atoms with Gasteiger partial charge in [-0.2, -0.15) is 0 Å². The number of anilines is 1. The molecule has 2 aliphatic heterocycles. The summed E-state index contributed by atoms with van der Waals surface area (Å²) in [6, 6.07) is 5.51. The van der Waals surface area contributed by atoms with Gasteiger partial charge in [0, 0.05) is 24.8 Å². The lowest BCUT2D eigenvalue weighted by Gasteiger charge is -2.36. The van der Waals surface area contributed by atoms with Crippen molar-refractivity contribution in [2.45, 2.75) is 44.7 Å². The van der Waals surface area contributed by atoms with Crippen molar-refractivity contribution >= 4 is 5.82 Å². The van der Waals surface area contributed by atoms with Crippen LogP contribution in [-0.4, -0.2) is 42.2 Å². The quantitative estimate of drug-likeness (QED) is 0.896. The van der Waals surface area contributed by atoms with E-state index in [1.807, 2.05) is 25.3 Å². The lowest BCUT2D eigenvalue weighted by molar-refractivity contribution is 0.139. The van der Waals surface area contributed by atoms with Crippen molar-refractivity contribution in [2.24, 2.45) is 5.92 Å². The minimum absolute atomic E-state index is 0.679. The lowest BCUT2D eigenvalue weighted by Crippen LogP contribution is -2.41. The maximum Gasteiger partial charge on any atom is 0.168 e. The molecule has 1 aromatic rings. The first-order valence-electron chi connectivity index (χ1n) is 7.81. The standard InChI is InChI=1S/C16H25N3O/c1-3-20-15-5-4-8-17-16(15)18-11-12-9-13-6-7-14(10-12)19(13)2/h4-5,8,12-14H,3,6-7,9-11H2,1-2H3,(H,17,18). The number of nitrogens with zero attached hydrogens (tertiary/aromatic N) is 2. The molecular formula is C16H25N3O. The molecule has 20 heavy (non-hydrogen) atoms. The fourth-order valence-electron chi connectivity index (χ4n) is 3.73. The van der Waals surface area contributed by atoms with E-state index in [9.17, 15) is 0 Å². The molecule has 1 N–H and O–H groups in total. The zero-order valence-electron chi connectivity index (χ0n) is 12.5. The van der Waals surface area contributed by atoms with E-state index in [2.05, 4.69) is 22.2 Å². The number of ether oxygens (including phenoxy) is 1. The second-order valence-electron chi connectivity index (χ2n) is 6.05. The Morgan fingerprint density at radius 1 is 1.35 bits per heavy atom.